The van der Waals surface area contributed by atoms with Crippen LogP contribution in [0.4, 0.5) is 17.3 Å². The van der Waals surface area contributed by atoms with Gasteiger partial charge in [0.2, 0.25) is 5.91 Å². The number of para-hydroxylation sites is 3. The zero-order valence-electron chi connectivity index (χ0n) is 25.7. The van der Waals surface area contributed by atoms with Gasteiger partial charge in [-0.1, -0.05) is 115 Å². The number of likely N-dealkylation sites (N-methyl/N-ethyl adjacent to an activating group) is 1. The molecule has 4 N–H and O–H groups in total. The smallest absolute Gasteiger partial charge is 0.246 e. The van der Waals surface area contributed by atoms with Crippen molar-refractivity contribution in [3.63, 3.8) is 0 Å². The van der Waals surface area contributed by atoms with E-state index in [4.69, 9.17) is 21.7 Å². The number of anilines is 3. The Kier molecular flexibility index (Phi) is 6.51. The second-order valence-electron chi connectivity index (χ2n) is 11.6. The van der Waals surface area contributed by atoms with Crippen LogP contribution in [0.25, 0.3) is 33.9 Å². The van der Waals surface area contributed by atoms with Crippen LogP contribution in [0.5, 0.6) is 0 Å². The summed E-state index contributed by atoms with van der Waals surface area (Å²) in [6.45, 7) is 0. The molecule has 3 heterocycles. The Balaban J connectivity index is 1.57. The number of fused-ring (bicyclic) bond motifs is 1. The van der Waals surface area contributed by atoms with Crippen molar-refractivity contribution >= 4 is 23.2 Å². The van der Waals surface area contributed by atoms with Crippen molar-refractivity contribution < 1.29 is 4.79 Å². The molecule has 0 spiro atoms. The van der Waals surface area contributed by atoms with Crippen LogP contribution in [0.1, 0.15) is 16.7 Å². The van der Waals surface area contributed by atoms with E-state index in [1.807, 2.05) is 146 Å². The molecule has 1 aliphatic heterocycles. The normalized spacial score (nSPS) is 13.6. The van der Waals surface area contributed by atoms with Crippen LogP contribution in [0.2, 0.25) is 0 Å². The molecule has 0 fully saturated rings. The summed E-state index contributed by atoms with van der Waals surface area (Å²) in [5.41, 5.74) is 19.9. The van der Waals surface area contributed by atoms with Crippen molar-refractivity contribution in [1.29, 1.82) is 0 Å². The highest BCUT2D eigenvalue weighted by Gasteiger charge is 2.58. The van der Waals surface area contributed by atoms with Gasteiger partial charge in [-0.15, -0.1) is 0 Å². The first-order chi connectivity index (χ1) is 23.0. The topological polar surface area (TPSA) is 108 Å². The average Bonchev–Trinajstić information content (AvgIpc) is 3.74. The maximum atomic E-state index is 15.4. The van der Waals surface area contributed by atoms with Crippen LogP contribution in [-0.2, 0) is 10.2 Å². The Morgan fingerprint density at radius 3 is 1.36 bits per heavy atom. The number of nitrogens with two attached hydrogens (primary N) is 2. The average molecular weight is 614 g/mol. The minimum atomic E-state index is -1.52. The lowest BCUT2D eigenvalue weighted by molar-refractivity contribution is -0.120. The molecular weight excluding hydrogens is 582 g/mol. The van der Waals surface area contributed by atoms with Gasteiger partial charge in [-0.05, 0) is 30.3 Å². The number of carbonyl (C=O) groups excluding carboxylic acids is 1. The standard InChI is InChI=1S/C39H31N7O/c1-44-31-25-15-14-24-30(31)39(38(44)47,32-34(26-16-6-2-7-17-26)42-45(36(32)40)28-20-10-4-11-21-28)33-35(27-18-8-3-9-19-27)43-46(37(33)41)29-22-12-5-13-23-29/h2-25H,40-41H2,1H3. The van der Waals surface area contributed by atoms with E-state index in [0.29, 0.717) is 34.2 Å². The first-order valence-electron chi connectivity index (χ1n) is 15.4. The molecule has 8 rings (SSSR count). The van der Waals surface area contributed by atoms with E-state index in [9.17, 15) is 0 Å². The van der Waals surface area contributed by atoms with Gasteiger partial charge >= 0.3 is 0 Å². The van der Waals surface area contributed by atoms with Gasteiger partial charge in [0.25, 0.3) is 0 Å². The maximum absolute atomic E-state index is 15.4. The molecule has 0 saturated carbocycles. The summed E-state index contributed by atoms with van der Waals surface area (Å²) in [6.07, 6.45) is 0. The molecule has 228 valence electrons. The second kappa shape index (κ2) is 10.9. The second-order valence-corrected chi connectivity index (χ2v) is 11.6. The molecule has 47 heavy (non-hydrogen) atoms. The largest absolute Gasteiger partial charge is 0.383 e. The SMILES string of the molecule is CN1C(=O)C(c2c(-c3ccccc3)nn(-c3ccccc3)c2N)(c2c(-c3ccccc3)nn(-c3ccccc3)c2N)c2ccccc21. The summed E-state index contributed by atoms with van der Waals surface area (Å²) in [4.78, 5) is 17.1. The third-order valence-corrected chi connectivity index (χ3v) is 8.98. The van der Waals surface area contributed by atoms with Gasteiger partial charge in [0.1, 0.15) is 17.1 Å². The first-order valence-corrected chi connectivity index (χ1v) is 15.4. The lowest BCUT2D eigenvalue weighted by atomic mass is 9.68. The summed E-state index contributed by atoms with van der Waals surface area (Å²) in [5, 5.41) is 10.3. The molecule has 0 unspecified atom stereocenters. The number of carbonyl (C=O) groups is 1. The van der Waals surface area contributed by atoms with Gasteiger partial charge in [0.05, 0.1) is 22.8 Å². The molecule has 1 amide bonds. The predicted octanol–water partition coefficient (Wildman–Crippen LogP) is 6.87. The highest BCUT2D eigenvalue weighted by molar-refractivity contribution is 6.16. The van der Waals surface area contributed by atoms with Gasteiger partial charge in [0.15, 0.2) is 0 Å². The fraction of sp³-hybridized carbons (Fsp3) is 0.0513. The van der Waals surface area contributed by atoms with Crippen molar-refractivity contribution in [2.24, 2.45) is 0 Å². The number of amides is 1. The summed E-state index contributed by atoms with van der Waals surface area (Å²) < 4.78 is 3.43. The van der Waals surface area contributed by atoms with Crippen molar-refractivity contribution in [2.45, 2.75) is 5.41 Å². The highest BCUT2D eigenvalue weighted by Crippen LogP contribution is 2.57. The predicted molar refractivity (Wildman–Crippen MR) is 187 cm³/mol. The van der Waals surface area contributed by atoms with E-state index in [0.717, 1.165) is 33.8 Å². The highest BCUT2D eigenvalue weighted by atomic mass is 16.2. The quantitative estimate of drug-likeness (QED) is 0.213. The fourth-order valence-corrected chi connectivity index (χ4v) is 6.90. The van der Waals surface area contributed by atoms with Gasteiger partial charge < -0.3 is 16.4 Å². The van der Waals surface area contributed by atoms with Crippen LogP contribution in [-0.4, -0.2) is 32.5 Å². The van der Waals surface area contributed by atoms with E-state index < -0.39 is 5.41 Å². The maximum Gasteiger partial charge on any atom is 0.246 e. The van der Waals surface area contributed by atoms with Crippen LogP contribution in [0.15, 0.2) is 146 Å². The molecule has 8 nitrogen and oxygen atoms in total. The molecule has 0 bridgehead atoms. The Morgan fingerprint density at radius 2 is 0.915 bits per heavy atom. The van der Waals surface area contributed by atoms with Crippen molar-refractivity contribution in [3.8, 4) is 33.9 Å². The van der Waals surface area contributed by atoms with Gasteiger partial charge in [-0.25, -0.2) is 9.36 Å². The molecule has 0 aliphatic carbocycles. The fourth-order valence-electron chi connectivity index (χ4n) is 6.90. The molecule has 0 saturated heterocycles. The summed E-state index contributed by atoms with van der Waals surface area (Å²) >= 11 is 0. The number of nitrogen functional groups attached to an aromatic ring is 2. The number of hydrogen-bond acceptors (Lipinski definition) is 5. The monoisotopic (exact) mass is 613 g/mol. The van der Waals surface area contributed by atoms with Crippen LogP contribution in [0, 0.1) is 0 Å². The lowest BCUT2D eigenvalue weighted by Crippen LogP contribution is -2.42. The van der Waals surface area contributed by atoms with Crippen molar-refractivity contribution in [3.05, 3.63) is 162 Å². The zero-order valence-corrected chi connectivity index (χ0v) is 25.7. The molecule has 0 radical (unpaired) electrons. The number of hydrogen-bond donors (Lipinski definition) is 2. The summed E-state index contributed by atoms with van der Waals surface area (Å²) in [7, 11) is 1.79. The van der Waals surface area contributed by atoms with E-state index in [1.54, 1.807) is 21.3 Å². The van der Waals surface area contributed by atoms with E-state index in [2.05, 4.69) is 0 Å². The van der Waals surface area contributed by atoms with E-state index >= 15 is 4.79 Å². The number of aromatic nitrogens is 4. The number of benzene rings is 5. The van der Waals surface area contributed by atoms with Crippen molar-refractivity contribution in [2.75, 3.05) is 23.4 Å². The molecule has 8 heteroatoms. The molecular formula is C39H31N7O. The molecule has 5 aromatic carbocycles. The third kappa shape index (κ3) is 4.12. The molecule has 1 aliphatic rings. The lowest BCUT2D eigenvalue weighted by Gasteiger charge is -2.30. The van der Waals surface area contributed by atoms with Crippen LogP contribution < -0.4 is 16.4 Å². The van der Waals surface area contributed by atoms with Crippen molar-refractivity contribution in [1.82, 2.24) is 19.6 Å². The number of nitrogens with zero attached hydrogens (tertiary/aromatic N) is 5. The zero-order chi connectivity index (χ0) is 32.1. The van der Waals surface area contributed by atoms with E-state index in [-0.39, 0.29) is 5.91 Å². The third-order valence-electron chi connectivity index (χ3n) is 8.98. The van der Waals surface area contributed by atoms with Gasteiger partial charge in [-0.3, -0.25) is 4.79 Å². The Bertz CT molecular complexity index is 2110. The van der Waals surface area contributed by atoms with Gasteiger partial charge in [-0.2, -0.15) is 10.2 Å². The minimum absolute atomic E-state index is 0.202. The molecule has 0 atom stereocenters. The number of rotatable bonds is 6. The van der Waals surface area contributed by atoms with Crippen LogP contribution in [0.3, 0.4) is 0 Å². The Hall–Kier alpha value is -6.41. The minimum Gasteiger partial charge on any atom is -0.383 e. The van der Waals surface area contributed by atoms with Crippen LogP contribution >= 0.6 is 0 Å². The molecule has 7 aromatic rings. The summed E-state index contributed by atoms with van der Waals surface area (Å²) in [6, 6.07) is 46.9. The summed E-state index contributed by atoms with van der Waals surface area (Å²) in [5.74, 6) is 0.463. The Morgan fingerprint density at radius 1 is 0.532 bits per heavy atom. The Labute approximate surface area is 272 Å². The van der Waals surface area contributed by atoms with Gasteiger partial charge in [0, 0.05) is 40.6 Å². The molecule has 2 aromatic heterocycles. The van der Waals surface area contributed by atoms with E-state index in [1.165, 1.54) is 0 Å². The first kappa shape index (κ1) is 28.1.